The lowest BCUT2D eigenvalue weighted by molar-refractivity contribution is 0.0724. The van der Waals surface area contributed by atoms with Gasteiger partial charge in [0.2, 0.25) is 10.0 Å². The van der Waals surface area contributed by atoms with Crippen LogP contribution in [0.3, 0.4) is 0 Å². The van der Waals surface area contributed by atoms with Crippen molar-refractivity contribution in [3.8, 4) is 0 Å². The van der Waals surface area contributed by atoms with Crippen molar-refractivity contribution in [2.45, 2.75) is 43.2 Å². The number of nitrogens with two attached hydrogens (primary N) is 1. The summed E-state index contributed by atoms with van der Waals surface area (Å²) in [5.41, 5.74) is 0.207. The molecule has 0 radical (unpaired) electrons. The Hall–Kier alpha value is -2.69. The van der Waals surface area contributed by atoms with Crippen LogP contribution < -0.4 is 9.62 Å². The second-order valence-corrected chi connectivity index (χ2v) is 9.94. The maximum Gasteiger partial charge on any atom is 0.431 e. The highest BCUT2D eigenvalue weighted by Crippen LogP contribution is 2.54. The standard InChI is InChI=1S/C21H22F2N3O4S/c1-21(8-9-21)26(12-13-4-3-5-14(10-13)18(22)23)17-7-6-15(31(24,29)30)11-16(17)19(27)25(2)20(26)28/h3-7,10-11,18H,8-9,12H2,1-2H3,(H2,24,29,30)/q+1. The fraction of sp³-hybridized carbons (Fsp3) is 0.333. The number of rotatable bonds is 5. The molecular formula is C21H22F2N3O4S+. The predicted molar refractivity (Wildman–Crippen MR) is 110 cm³/mol. The molecule has 2 aromatic carbocycles. The van der Waals surface area contributed by atoms with E-state index in [2.05, 4.69) is 0 Å². The number of halogens is 2. The normalized spacial score (nSPS) is 22.6. The van der Waals surface area contributed by atoms with Gasteiger partial charge in [-0.15, -0.1) is 0 Å². The first-order chi connectivity index (χ1) is 14.4. The minimum Gasteiger partial charge on any atom is -0.268 e. The van der Waals surface area contributed by atoms with Crippen molar-refractivity contribution in [2.24, 2.45) is 5.14 Å². The lowest BCUT2D eigenvalue weighted by Crippen LogP contribution is -2.68. The first-order valence-corrected chi connectivity index (χ1v) is 11.2. The van der Waals surface area contributed by atoms with Gasteiger partial charge in [-0.3, -0.25) is 4.79 Å². The van der Waals surface area contributed by atoms with Crippen molar-refractivity contribution >= 4 is 27.6 Å². The summed E-state index contributed by atoms with van der Waals surface area (Å²) in [6, 6.07) is 9.27. The Bertz CT molecular complexity index is 1210. The molecule has 1 unspecified atom stereocenters. The molecule has 0 aromatic heterocycles. The molecule has 1 saturated carbocycles. The van der Waals surface area contributed by atoms with Crippen LogP contribution in [-0.2, 0) is 16.6 Å². The first kappa shape index (κ1) is 21.5. The number of imide groups is 1. The summed E-state index contributed by atoms with van der Waals surface area (Å²) < 4.78 is 49.9. The van der Waals surface area contributed by atoms with Crippen LogP contribution in [-0.4, -0.2) is 37.8 Å². The maximum atomic E-state index is 13.6. The van der Waals surface area contributed by atoms with Crippen molar-refractivity contribution in [1.29, 1.82) is 0 Å². The smallest absolute Gasteiger partial charge is 0.268 e. The molecule has 7 nitrogen and oxygen atoms in total. The second kappa shape index (κ2) is 6.91. The Kier molecular flexibility index (Phi) is 4.80. The molecule has 31 heavy (non-hydrogen) atoms. The Morgan fingerprint density at radius 1 is 1.16 bits per heavy atom. The molecule has 1 fully saturated rings. The van der Waals surface area contributed by atoms with Crippen LogP contribution in [0.2, 0.25) is 0 Å². The number of nitrogens with zero attached hydrogens (tertiary/aromatic N) is 2. The van der Waals surface area contributed by atoms with E-state index in [1.165, 1.54) is 43.4 Å². The lowest BCUT2D eigenvalue weighted by atomic mass is 9.98. The van der Waals surface area contributed by atoms with Crippen LogP contribution in [0.1, 0.15) is 47.7 Å². The summed E-state index contributed by atoms with van der Waals surface area (Å²) in [5, 5.41) is 5.24. The molecule has 1 heterocycles. The van der Waals surface area contributed by atoms with Gasteiger partial charge < -0.3 is 0 Å². The number of urea groups is 1. The molecular weight excluding hydrogens is 428 g/mol. The Balaban J connectivity index is 1.96. The molecule has 10 heteroatoms. The summed E-state index contributed by atoms with van der Waals surface area (Å²) >= 11 is 0. The highest BCUT2D eigenvalue weighted by molar-refractivity contribution is 7.89. The summed E-state index contributed by atoms with van der Waals surface area (Å²) in [6.07, 6.45) is -1.28. The highest BCUT2D eigenvalue weighted by atomic mass is 32.2. The molecule has 164 valence electrons. The number of carbonyl (C=O) groups excluding carboxylic acids is 2. The minimum atomic E-state index is -4.07. The zero-order chi connectivity index (χ0) is 22.8. The third-order valence-corrected chi connectivity index (χ3v) is 7.29. The number of carbonyl (C=O) groups is 2. The molecule has 4 rings (SSSR count). The van der Waals surface area contributed by atoms with Gasteiger partial charge in [0.25, 0.3) is 12.3 Å². The van der Waals surface area contributed by atoms with Gasteiger partial charge in [-0.05, 0) is 25.1 Å². The summed E-state index contributed by atoms with van der Waals surface area (Å²) in [5.74, 6) is -0.634. The molecule has 0 bridgehead atoms. The molecule has 0 saturated heterocycles. The van der Waals surface area contributed by atoms with Crippen molar-refractivity contribution < 1.29 is 26.8 Å². The van der Waals surface area contributed by atoms with Crippen LogP contribution >= 0.6 is 0 Å². The van der Waals surface area contributed by atoms with Gasteiger partial charge >= 0.3 is 6.03 Å². The molecule has 1 aliphatic heterocycles. The van der Waals surface area contributed by atoms with Crippen molar-refractivity contribution in [3.63, 3.8) is 0 Å². The molecule has 3 amide bonds. The summed E-state index contributed by atoms with van der Waals surface area (Å²) in [4.78, 5) is 27.2. The van der Waals surface area contributed by atoms with Crippen LogP contribution in [0.4, 0.5) is 19.3 Å². The van der Waals surface area contributed by atoms with Gasteiger partial charge in [0.15, 0.2) is 5.69 Å². The van der Waals surface area contributed by atoms with E-state index in [0.29, 0.717) is 24.1 Å². The van der Waals surface area contributed by atoms with E-state index in [4.69, 9.17) is 5.14 Å². The largest absolute Gasteiger partial charge is 0.431 e. The van der Waals surface area contributed by atoms with E-state index in [-0.39, 0.29) is 27.1 Å². The van der Waals surface area contributed by atoms with Crippen molar-refractivity contribution in [1.82, 2.24) is 9.38 Å². The predicted octanol–water partition coefficient (Wildman–Crippen LogP) is 3.54. The van der Waals surface area contributed by atoms with E-state index < -0.39 is 33.9 Å². The van der Waals surface area contributed by atoms with Gasteiger partial charge in [-0.25, -0.2) is 32.0 Å². The molecule has 1 atom stereocenters. The summed E-state index contributed by atoms with van der Waals surface area (Å²) in [6.45, 7) is 1.96. The zero-order valence-electron chi connectivity index (χ0n) is 17.0. The number of amides is 3. The van der Waals surface area contributed by atoms with Gasteiger partial charge in [0.1, 0.15) is 17.6 Å². The van der Waals surface area contributed by atoms with E-state index in [9.17, 15) is 26.8 Å². The number of alkyl halides is 2. The van der Waals surface area contributed by atoms with E-state index >= 15 is 0 Å². The molecule has 2 aromatic rings. The summed E-state index contributed by atoms with van der Waals surface area (Å²) in [7, 11) is -2.73. The fourth-order valence-electron chi connectivity index (χ4n) is 4.35. The lowest BCUT2D eigenvalue weighted by Gasteiger charge is -2.46. The van der Waals surface area contributed by atoms with Crippen molar-refractivity contribution in [3.05, 3.63) is 59.2 Å². The Labute approximate surface area is 178 Å². The van der Waals surface area contributed by atoms with Crippen LogP contribution in [0.5, 0.6) is 0 Å². The number of benzene rings is 2. The number of hydrogen-bond acceptors (Lipinski definition) is 4. The third-order valence-electron chi connectivity index (χ3n) is 6.37. The molecule has 2 aliphatic rings. The number of primary sulfonamides is 1. The quantitative estimate of drug-likeness (QED) is 0.705. The highest BCUT2D eigenvalue weighted by Gasteiger charge is 2.66. The van der Waals surface area contributed by atoms with Gasteiger partial charge in [-0.2, -0.15) is 4.48 Å². The fourth-order valence-corrected chi connectivity index (χ4v) is 4.89. The first-order valence-electron chi connectivity index (χ1n) is 9.66. The van der Waals surface area contributed by atoms with E-state index in [1.54, 1.807) is 6.07 Å². The van der Waals surface area contributed by atoms with Crippen LogP contribution in [0.15, 0.2) is 47.4 Å². The van der Waals surface area contributed by atoms with Gasteiger partial charge in [0, 0.05) is 37.1 Å². The average Bonchev–Trinajstić information content (AvgIpc) is 3.47. The van der Waals surface area contributed by atoms with Gasteiger partial charge in [0.05, 0.1) is 4.90 Å². The monoisotopic (exact) mass is 450 g/mol. The topological polar surface area (TPSA) is 97.5 Å². The van der Waals surface area contributed by atoms with Crippen LogP contribution in [0, 0.1) is 0 Å². The Morgan fingerprint density at radius 2 is 1.84 bits per heavy atom. The van der Waals surface area contributed by atoms with Crippen molar-refractivity contribution in [2.75, 3.05) is 7.05 Å². The second-order valence-electron chi connectivity index (χ2n) is 8.38. The number of fused-ring (bicyclic) bond motifs is 1. The Morgan fingerprint density at radius 3 is 2.42 bits per heavy atom. The van der Waals surface area contributed by atoms with E-state index in [0.717, 1.165) is 4.90 Å². The average molecular weight is 450 g/mol. The third kappa shape index (κ3) is 3.26. The minimum absolute atomic E-state index is 0.0508. The molecule has 1 aliphatic carbocycles. The maximum absolute atomic E-state index is 13.6. The SMILES string of the molecule is CN1C(=O)c2cc(S(N)(=O)=O)ccc2[N+](Cc2cccc(C(F)F)c2)(C2(C)CC2)C1=O. The number of sulfonamides is 1. The molecule has 0 spiro atoms. The zero-order valence-corrected chi connectivity index (χ0v) is 17.8. The molecule has 2 N–H and O–H groups in total. The number of hydrogen-bond donors (Lipinski definition) is 1. The van der Waals surface area contributed by atoms with E-state index in [1.807, 2.05) is 6.92 Å². The van der Waals surface area contributed by atoms with Crippen LogP contribution in [0.25, 0.3) is 0 Å². The number of quaternary nitrogens is 1. The van der Waals surface area contributed by atoms with Gasteiger partial charge in [-0.1, -0.05) is 18.2 Å².